The lowest BCUT2D eigenvalue weighted by Crippen LogP contribution is -2.23. The number of hydrogen-bond donors (Lipinski definition) is 1. The van der Waals surface area contributed by atoms with Crippen molar-refractivity contribution in [1.29, 1.82) is 0 Å². The average Bonchev–Trinajstić information content (AvgIpc) is 3.24. The predicted octanol–water partition coefficient (Wildman–Crippen LogP) is 5.11. The SMILES string of the molecule is COOCc1ccn2c(NC3CCCCC3)c(C3CCC(C)S3)nc2c1. The molecule has 0 spiro atoms. The Kier molecular flexibility index (Phi) is 5.72. The second-order valence-corrected chi connectivity index (χ2v) is 9.18. The first-order valence-corrected chi connectivity index (χ1v) is 10.8. The highest BCUT2D eigenvalue weighted by Crippen LogP contribution is 2.46. The third kappa shape index (κ3) is 3.87. The molecule has 1 aliphatic heterocycles. The van der Waals surface area contributed by atoms with Crippen molar-refractivity contribution in [3.63, 3.8) is 0 Å². The Morgan fingerprint density at radius 2 is 2.08 bits per heavy atom. The lowest BCUT2D eigenvalue weighted by molar-refractivity contribution is -0.282. The second kappa shape index (κ2) is 8.19. The van der Waals surface area contributed by atoms with Crippen LogP contribution in [0.2, 0.25) is 0 Å². The monoisotopic (exact) mass is 375 g/mol. The predicted molar refractivity (Wildman–Crippen MR) is 107 cm³/mol. The molecular formula is C20H29N3O2S. The van der Waals surface area contributed by atoms with Gasteiger partial charge in [0.25, 0.3) is 0 Å². The maximum absolute atomic E-state index is 5.08. The van der Waals surface area contributed by atoms with Crippen molar-refractivity contribution < 1.29 is 9.78 Å². The first kappa shape index (κ1) is 18.1. The van der Waals surface area contributed by atoms with E-state index in [1.165, 1.54) is 63.6 Å². The molecule has 5 nitrogen and oxygen atoms in total. The molecule has 26 heavy (non-hydrogen) atoms. The number of hydrogen-bond acceptors (Lipinski definition) is 5. The number of anilines is 1. The molecule has 0 amide bonds. The fourth-order valence-electron chi connectivity index (χ4n) is 4.13. The van der Waals surface area contributed by atoms with Gasteiger partial charge in [-0.05, 0) is 43.4 Å². The molecule has 0 bridgehead atoms. The smallest absolute Gasteiger partial charge is 0.139 e. The van der Waals surface area contributed by atoms with E-state index in [0.717, 1.165) is 16.5 Å². The molecule has 2 unspecified atom stereocenters. The lowest BCUT2D eigenvalue weighted by Gasteiger charge is -2.24. The van der Waals surface area contributed by atoms with Crippen LogP contribution in [0.3, 0.4) is 0 Å². The van der Waals surface area contributed by atoms with Gasteiger partial charge in [0, 0.05) is 17.5 Å². The van der Waals surface area contributed by atoms with Gasteiger partial charge in [0.1, 0.15) is 18.1 Å². The molecule has 4 rings (SSSR count). The van der Waals surface area contributed by atoms with Crippen molar-refractivity contribution in [1.82, 2.24) is 9.38 Å². The largest absolute Gasteiger partial charge is 0.367 e. The zero-order chi connectivity index (χ0) is 17.9. The zero-order valence-electron chi connectivity index (χ0n) is 15.7. The first-order valence-electron chi connectivity index (χ1n) is 9.83. The normalized spacial score (nSPS) is 24.4. The van der Waals surface area contributed by atoms with Crippen LogP contribution in [0.1, 0.15) is 68.4 Å². The van der Waals surface area contributed by atoms with Crippen molar-refractivity contribution in [3.05, 3.63) is 29.6 Å². The Balaban J connectivity index is 1.67. The van der Waals surface area contributed by atoms with E-state index in [1.54, 1.807) is 0 Å². The Labute approximate surface area is 159 Å². The summed E-state index contributed by atoms with van der Waals surface area (Å²) in [6, 6.07) is 4.77. The molecule has 6 heteroatoms. The number of nitrogens with zero attached hydrogens (tertiary/aromatic N) is 2. The van der Waals surface area contributed by atoms with Crippen LogP contribution in [-0.2, 0) is 16.4 Å². The Morgan fingerprint density at radius 1 is 1.23 bits per heavy atom. The van der Waals surface area contributed by atoms with Crippen LogP contribution in [0.5, 0.6) is 0 Å². The van der Waals surface area contributed by atoms with Crippen molar-refractivity contribution in [2.45, 2.75) is 75.0 Å². The number of nitrogens with one attached hydrogen (secondary N) is 1. The molecule has 2 aromatic heterocycles. The van der Waals surface area contributed by atoms with E-state index in [1.807, 2.05) is 0 Å². The fraction of sp³-hybridized carbons (Fsp3) is 0.650. The molecule has 1 saturated heterocycles. The minimum Gasteiger partial charge on any atom is -0.367 e. The van der Waals surface area contributed by atoms with E-state index >= 15 is 0 Å². The van der Waals surface area contributed by atoms with Crippen LogP contribution >= 0.6 is 11.8 Å². The van der Waals surface area contributed by atoms with E-state index in [9.17, 15) is 0 Å². The maximum atomic E-state index is 5.08. The fourth-order valence-corrected chi connectivity index (χ4v) is 5.53. The molecular weight excluding hydrogens is 346 g/mol. The standard InChI is InChI=1S/C20H29N3O2S/c1-14-8-9-17(26-14)19-20(21-16-6-4-3-5-7-16)23-11-10-15(13-25-24-2)12-18(23)22-19/h10-12,14,16-17,21H,3-9,13H2,1-2H3. The third-order valence-electron chi connectivity index (χ3n) is 5.54. The molecule has 3 heterocycles. The van der Waals surface area contributed by atoms with Crippen LogP contribution < -0.4 is 5.32 Å². The number of aromatic nitrogens is 2. The van der Waals surface area contributed by atoms with Crippen molar-refractivity contribution in [3.8, 4) is 0 Å². The minimum absolute atomic E-state index is 0.440. The summed E-state index contributed by atoms with van der Waals surface area (Å²) in [4.78, 5) is 14.9. The van der Waals surface area contributed by atoms with E-state index in [4.69, 9.17) is 14.8 Å². The zero-order valence-corrected chi connectivity index (χ0v) is 16.6. The molecule has 2 atom stereocenters. The molecule has 2 aromatic rings. The van der Waals surface area contributed by atoms with Crippen molar-refractivity contribution >= 4 is 23.2 Å². The Morgan fingerprint density at radius 3 is 2.81 bits per heavy atom. The van der Waals surface area contributed by atoms with Crippen molar-refractivity contribution in [2.75, 3.05) is 12.4 Å². The highest BCUT2D eigenvalue weighted by Gasteiger charge is 2.30. The summed E-state index contributed by atoms with van der Waals surface area (Å²) < 4.78 is 2.23. The molecule has 1 aliphatic carbocycles. The van der Waals surface area contributed by atoms with E-state index in [2.05, 4.69) is 46.7 Å². The van der Waals surface area contributed by atoms with E-state index < -0.39 is 0 Å². The summed E-state index contributed by atoms with van der Waals surface area (Å²) in [6.45, 7) is 2.77. The average molecular weight is 376 g/mol. The van der Waals surface area contributed by atoms with Gasteiger partial charge in [-0.15, -0.1) is 11.8 Å². The van der Waals surface area contributed by atoms with Crippen molar-refractivity contribution in [2.24, 2.45) is 0 Å². The van der Waals surface area contributed by atoms with Crippen LogP contribution in [0.15, 0.2) is 18.3 Å². The highest BCUT2D eigenvalue weighted by molar-refractivity contribution is 8.00. The van der Waals surface area contributed by atoms with Gasteiger partial charge in [0.15, 0.2) is 0 Å². The molecule has 0 aromatic carbocycles. The van der Waals surface area contributed by atoms with Gasteiger partial charge in [0.05, 0.1) is 18.1 Å². The maximum Gasteiger partial charge on any atom is 0.139 e. The van der Waals surface area contributed by atoms with Gasteiger partial charge in [-0.2, -0.15) is 0 Å². The van der Waals surface area contributed by atoms with Crippen LogP contribution in [-0.4, -0.2) is 27.8 Å². The summed E-state index contributed by atoms with van der Waals surface area (Å²) >= 11 is 2.07. The Hall–Kier alpha value is -1.24. The summed E-state index contributed by atoms with van der Waals surface area (Å²) in [6.07, 6.45) is 11.2. The quantitative estimate of drug-likeness (QED) is 0.561. The van der Waals surface area contributed by atoms with Gasteiger partial charge < -0.3 is 5.32 Å². The second-order valence-electron chi connectivity index (χ2n) is 7.53. The van der Waals surface area contributed by atoms with Gasteiger partial charge in [0.2, 0.25) is 0 Å². The van der Waals surface area contributed by atoms with Crippen LogP contribution in [0, 0.1) is 0 Å². The van der Waals surface area contributed by atoms with E-state index in [-0.39, 0.29) is 0 Å². The summed E-state index contributed by atoms with van der Waals surface area (Å²) in [5.74, 6) is 1.21. The van der Waals surface area contributed by atoms with Gasteiger partial charge >= 0.3 is 0 Å². The lowest BCUT2D eigenvalue weighted by atomic mass is 9.95. The number of fused-ring (bicyclic) bond motifs is 1. The third-order valence-corrected chi connectivity index (χ3v) is 7.03. The topological polar surface area (TPSA) is 47.8 Å². The highest BCUT2D eigenvalue weighted by atomic mass is 32.2. The number of imidazole rings is 1. The molecule has 2 aliphatic rings. The molecule has 2 fully saturated rings. The molecule has 0 radical (unpaired) electrons. The Bertz CT molecular complexity index is 742. The number of pyridine rings is 1. The van der Waals surface area contributed by atoms with Gasteiger partial charge in [-0.1, -0.05) is 26.2 Å². The number of thioether (sulfide) groups is 1. The number of rotatable bonds is 6. The summed E-state index contributed by atoms with van der Waals surface area (Å²) in [7, 11) is 1.54. The van der Waals surface area contributed by atoms with Gasteiger partial charge in [-0.25, -0.2) is 14.8 Å². The summed E-state index contributed by atoms with van der Waals surface area (Å²) in [5, 5.41) is 5.07. The first-order chi connectivity index (χ1) is 12.7. The molecule has 142 valence electrons. The van der Waals surface area contributed by atoms with E-state index in [0.29, 0.717) is 17.9 Å². The molecule has 1 N–H and O–H groups in total. The van der Waals surface area contributed by atoms with Crippen LogP contribution in [0.25, 0.3) is 5.65 Å². The molecule has 1 saturated carbocycles. The van der Waals surface area contributed by atoms with Gasteiger partial charge in [-0.3, -0.25) is 4.40 Å². The minimum atomic E-state index is 0.440. The summed E-state index contributed by atoms with van der Waals surface area (Å²) in [5.41, 5.74) is 3.30. The van der Waals surface area contributed by atoms with Crippen LogP contribution in [0.4, 0.5) is 5.82 Å².